The lowest BCUT2D eigenvalue weighted by atomic mass is 9.96. The Bertz CT molecular complexity index is 391. The molecule has 0 bridgehead atoms. The maximum atomic E-state index is 11.0. The van der Waals surface area contributed by atoms with E-state index in [4.69, 9.17) is 9.52 Å². The third kappa shape index (κ3) is 3.10. The summed E-state index contributed by atoms with van der Waals surface area (Å²) in [6.45, 7) is 1.38. The first kappa shape index (κ1) is 12.6. The van der Waals surface area contributed by atoms with Crippen LogP contribution in [-0.2, 0) is 11.3 Å². The largest absolute Gasteiger partial charge is 0.481 e. The van der Waals surface area contributed by atoms with Crippen LogP contribution >= 0.6 is 15.9 Å². The Balaban J connectivity index is 1.79. The molecule has 0 aliphatic heterocycles. The average molecular weight is 302 g/mol. The van der Waals surface area contributed by atoms with Crippen molar-refractivity contribution < 1.29 is 14.3 Å². The first-order chi connectivity index (χ1) is 8.18. The molecule has 2 rings (SSSR count). The number of carboxylic acids is 1. The third-order valence-electron chi connectivity index (χ3n) is 3.36. The summed E-state index contributed by atoms with van der Waals surface area (Å²) in [5.41, 5.74) is 0. The predicted molar refractivity (Wildman–Crippen MR) is 66.6 cm³/mol. The van der Waals surface area contributed by atoms with Gasteiger partial charge >= 0.3 is 5.97 Å². The molecule has 1 aliphatic carbocycles. The van der Waals surface area contributed by atoms with Crippen LogP contribution in [0, 0.1) is 11.8 Å². The van der Waals surface area contributed by atoms with Crippen molar-refractivity contribution in [2.45, 2.75) is 25.8 Å². The van der Waals surface area contributed by atoms with Crippen molar-refractivity contribution in [2.24, 2.45) is 11.8 Å². The van der Waals surface area contributed by atoms with Gasteiger partial charge in [0, 0.05) is 0 Å². The van der Waals surface area contributed by atoms with Gasteiger partial charge in [0.15, 0.2) is 0 Å². The zero-order valence-electron chi connectivity index (χ0n) is 9.49. The highest BCUT2D eigenvalue weighted by Gasteiger charge is 2.32. The molecule has 0 aromatic carbocycles. The van der Waals surface area contributed by atoms with Gasteiger partial charge in [-0.1, -0.05) is 6.42 Å². The monoisotopic (exact) mass is 301 g/mol. The van der Waals surface area contributed by atoms with Gasteiger partial charge < -0.3 is 14.8 Å². The van der Waals surface area contributed by atoms with Crippen LogP contribution in [0.4, 0.5) is 0 Å². The van der Waals surface area contributed by atoms with E-state index in [1.165, 1.54) is 0 Å². The molecule has 2 N–H and O–H groups in total. The normalized spacial score (nSPS) is 24.1. The molecule has 94 valence electrons. The molecule has 1 saturated carbocycles. The van der Waals surface area contributed by atoms with Gasteiger partial charge in [-0.25, -0.2) is 0 Å². The molecule has 2 atom stereocenters. The second-order valence-corrected chi connectivity index (χ2v) is 5.31. The first-order valence-corrected chi connectivity index (χ1v) is 6.63. The number of halogens is 1. The summed E-state index contributed by atoms with van der Waals surface area (Å²) in [6.07, 6.45) is 4.47. The molecule has 4 nitrogen and oxygen atoms in total. The molecule has 5 heteroatoms. The van der Waals surface area contributed by atoms with Crippen molar-refractivity contribution >= 4 is 21.9 Å². The summed E-state index contributed by atoms with van der Waals surface area (Å²) in [5.74, 6) is 0.270. The number of carboxylic acid groups (broad SMARTS) is 1. The summed E-state index contributed by atoms with van der Waals surface area (Å²) in [7, 11) is 0. The minimum Gasteiger partial charge on any atom is -0.481 e. The quantitative estimate of drug-likeness (QED) is 0.877. The second-order valence-electron chi connectivity index (χ2n) is 4.46. The summed E-state index contributed by atoms with van der Waals surface area (Å²) in [4.78, 5) is 11.0. The fourth-order valence-corrected chi connectivity index (χ4v) is 2.77. The van der Waals surface area contributed by atoms with Crippen molar-refractivity contribution in [1.82, 2.24) is 5.32 Å². The minimum absolute atomic E-state index is 0.178. The van der Waals surface area contributed by atoms with Gasteiger partial charge in [-0.3, -0.25) is 4.79 Å². The second kappa shape index (κ2) is 5.69. The molecule has 17 heavy (non-hydrogen) atoms. The SMILES string of the molecule is O=C(O)C1CCCC1CNCc1occc1Br. The van der Waals surface area contributed by atoms with Crippen LogP contribution in [0.5, 0.6) is 0 Å². The van der Waals surface area contributed by atoms with Gasteiger partial charge in [-0.2, -0.15) is 0 Å². The van der Waals surface area contributed by atoms with E-state index in [9.17, 15) is 4.79 Å². The van der Waals surface area contributed by atoms with Crippen LogP contribution in [0.2, 0.25) is 0 Å². The average Bonchev–Trinajstić information content (AvgIpc) is 2.88. The smallest absolute Gasteiger partial charge is 0.306 e. The molecule has 0 amide bonds. The van der Waals surface area contributed by atoms with Gasteiger partial charge in [0.1, 0.15) is 5.76 Å². The van der Waals surface area contributed by atoms with E-state index in [0.717, 1.165) is 36.0 Å². The molecule has 1 heterocycles. The van der Waals surface area contributed by atoms with Crippen LogP contribution in [0.3, 0.4) is 0 Å². The van der Waals surface area contributed by atoms with Crippen molar-refractivity contribution in [3.05, 3.63) is 22.6 Å². The van der Waals surface area contributed by atoms with Crippen LogP contribution in [0.1, 0.15) is 25.0 Å². The lowest BCUT2D eigenvalue weighted by Crippen LogP contribution is -2.28. The third-order valence-corrected chi connectivity index (χ3v) is 4.07. The number of hydrogen-bond acceptors (Lipinski definition) is 3. The Morgan fingerprint density at radius 3 is 3.06 bits per heavy atom. The molecule has 1 aliphatic rings. The Morgan fingerprint density at radius 2 is 2.41 bits per heavy atom. The van der Waals surface area contributed by atoms with Crippen LogP contribution < -0.4 is 5.32 Å². The van der Waals surface area contributed by atoms with Crippen LogP contribution in [-0.4, -0.2) is 17.6 Å². The molecule has 0 radical (unpaired) electrons. The topological polar surface area (TPSA) is 62.5 Å². The highest BCUT2D eigenvalue weighted by atomic mass is 79.9. The van der Waals surface area contributed by atoms with Gasteiger partial charge in [-0.15, -0.1) is 0 Å². The van der Waals surface area contributed by atoms with Gasteiger partial charge in [0.25, 0.3) is 0 Å². The highest BCUT2D eigenvalue weighted by molar-refractivity contribution is 9.10. The molecule has 1 aromatic heterocycles. The number of rotatable bonds is 5. The maximum absolute atomic E-state index is 11.0. The van der Waals surface area contributed by atoms with Gasteiger partial charge in [-0.05, 0) is 47.3 Å². The van der Waals surface area contributed by atoms with E-state index in [2.05, 4.69) is 21.2 Å². The molecular formula is C12H16BrNO3. The number of aliphatic carboxylic acids is 1. The van der Waals surface area contributed by atoms with E-state index in [0.29, 0.717) is 6.54 Å². The number of furan rings is 1. The van der Waals surface area contributed by atoms with Crippen LogP contribution in [0.15, 0.2) is 21.2 Å². The molecule has 1 fully saturated rings. The lowest BCUT2D eigenvalue weighted by Gasteiger charge is -2.15. The van der Waals surface area contributed by atoms with Gasteiger partial charge in [0.2, 0.25) is 0 Å². The van der Waals surface area contributed by atoms with E-state index in [-0.39, 0.29) is 11.8 Å². The van der Waals surface area contributed by atoms with E-state index in [1.54, 1.807) is 6.26 Å². The molecular weight excluding hydrogens is 286 g/mol. The predicted octanol–water partition coefficient (Wildman–Crippen LogP) is 2.63. The van der Waals surface area contributed by atoms with E-state index < -0.39 is 5.97 Å². The van der Waals surface area contributed by atoms with Crippen LogP contribution in [0.25, 0.3) is 0 Å². The Morgan fingerprint density at radius 1 is 1.59 bits per heavy atom. The summed E-state index contributed by atoms with van der Waals surface area (Å²) < 4.78 is 6.23. The minimum atomic E-state index is -0.659. The van der Waals surface area contributed by atoms with E-state index >= 15 is 0 Å². The molecule has 0 spiro atoms. The van der Waals surface area contributed by atoms with Crippen molar-refractivity contribution in [3.63, 3.8) is 0 Å². The Hall–Kier alpha value is -0.810. The van der Waals surface area contributed by atoms with Crippen molar-refractivity contribution in [2.75, 3.05) is 6.54 Å². The van der Waals surface area contributed by atoms with Gasteiger partial charge in [0.05, 0.1) is 23.2 Å². The Labute approximate surface area is 109 Å². The summed E-state index contributed by atoms with van der Waals surface area (Å²) >= 11 is 3.39. The van der Waals surface area contributed by atoms with Crippen molar-refractivity contribution in [3.8, 4) is 0 Å². The lowest BCUT2D eigenvalue weighted by molar-refractivity contribution is -0.142. The maximum Gasteiger partial charge on any atom is 0.306 e. The summed E-state index contributed by atoms with van der Waals surface area (Å²) in [5, 5.41) is 12.3. The molecule has 1 aromatic rings. The summed E-state index contributed by atoms with van der Waals surface area (Å²) in [6, 6.07) is 1.85. The first-order valence-electron chi connectivity index (χ1n) is 5.84. The van der Waals surface area contributed by atoms with E-state index in [1.807, 2.05) is 6.07 Å². The Kier molecular flexibility index (Phi) is 4.23. The fraction of sp³-hybridized carbons (Fsp3) is 0.583. The number of carbonyl (C=O) groups is 1. The fourth-order valence-electron chi connectivity index (χ4n) is 2.43. The highest BCUT2D eigenvalue weighted by Crippen LogP contribution is 2.31. The standard InChI is InChI=1S/C12H16BrNO3/c13-10-4-5-17-11(10)7-14-6-8-2-1-3-9(8)12(15)16/h4-5,8-9,14H,1-3,6-7H2,(H,15,16). The zero-order valence-corrected chi connectivity index (χ0v) is 11.1. The number of nitrogens with one attached hydrogen (secondary N) is 1. The zero-order chi connectivity index (χ0) is 12.3. The van der Waals surface area contributed by atoms with Crippen molar-refractivity contribution in [1.29, 1.82) is 0 Å². The molecule has 2 unspecified atom stereocenters. The number of hydrogen-bond donors (Lipinski definition) is 2. The molecule has 0 saturated heterocycles.